The van der Waals surface area contributed by atoms with Crippen LogP contribution < -0.4 is 0 Å². The van der Waals surface area contributed by atoms with Crippen LogP contribution in [0.1, 0.15) is 38.7 Å². The first-order valence-electron chi connectivity index (χ1n) is 10.0. The van der Waals surface area contributed by atoms with E-state index in [-0.39, 0.29) is 23.5 Å². The molecule has 0 saturated carbocycles. The number of nitrogens with zero attached hydrogens (tertiary/aromatic N) is 3. The number of halogens is 1. The van der Waals surface area contributed by atoms with Gasteiger partial charge in [0, 0.05) is 44.9 Å². The number of hydrogen-bond acceptors (Lipinski definition) is 4. The van der Waals surface area contributed by atoms with E-state index >= 15 is 0 Å². The highest BCUT2D eigenvalue weighted by Crippen LogP contribution is 2.23. The summed E-state index contributed by atoms with van der Waals surface area (Å²) in [5.74, 6) is -0.145. The molecule has 1 saturated heterocycles. The molecule has 28 heavy (non-hydrogen) atoms. The van der Waals surface area contributed by atoms with Crippen molar-refractivity contribution in [2.75, 3.05) is 26.2 Å². The minimum absolute atomic E-state index is 0.00117. The Labute approximate surface area is 165 Å². The molecule has 6 nitrogen and oxygen atoms in total. The number of rotatable bonds is 6. The highest BCUT2D eigenvalue weighted by atomic mass is 19.1. The van der Waals surface area contributed by atoms with Crippen LogP contribution in [0, 0.1) is 11.7 Å². The van der Waals surface area contributed by atoms with Gasteiger partial charge in [-0.2, -0.15) is 0 Å². The number of hydrogen-bond donors (Lipinski definition) is 0. The highest BCUT2D eigenvalue weighted by Gasteiger charge is 2.35. The monoisotopic (exact) mass is 389 g/mol. The van der Waals surface area contributed by atoms with Gasteiger partial charge in [-0.1, -0.05) is 17.3 Å². The summed E-state index contributed by atoms with van der Waals surface area (Å²) >= 11 is 0. The molecule has 0 N–H and O–H groups in total. The Morgan fingerprint density at radius 1 is 1.18 bits per heavy atom. The predicted octanol–water partition coefficient (Wildman–Crippen LogP) is 2.62. The van der Waals surface area contributed by atoms with Crippen molar-refractivity contribution >= 4 is 17.5 Å². The maximum absolute atomic E-state index is 13.0. The Hall–Kier alpha value is -2.44. The quantitative estimate of drug-likeness (QED) is 0.751. The molecule has 0 bridgehead atoms. The summed E-state index contributed by atoms with van der Waals surface area (Å²) in [5, 5.41) is 4.05. The molecule has 152 valence electrons. The normalized spacial score (nSPS) is 19.9. The van der Waals surface area contributed by atoms with E-state index in [0.29, 0.717) is 38.8 Å². The van der Waals surface area contributed by atoms with Gasteiger partial charge in [0.05, 0.1) is 5.71 Å². The largest absolute Gasteiger partial charge is 0.382 e. The fourth-order valence-corrected chi connectivity index (χ4v) is 3.85. The van der Waals surface area contributed by atoms with Gasteiger partial charge in [-0.05, 0) is 44.4 Å². The predicted molar refractivity (Wildman–Crippen MR) is 104 cm³/mol. The Morgan fingerprint density at radius 3 is 2.43 bits per heavy atom. The summed E-state index contributed by atoms with van der Waals surface area (Å²) in [4.78, 5) is 34.3. The van der Waals surface area contributed by atoms with Crippen molar-refractivity contribution in [3.63, 3.8) is 0 Å². The minimum Gasteiger partial charge on any atom is -0.382 e. The van der Waals surface area contributed by atoms with Crippen LogP contribution >= 0.6 is 0 Å². The number of likely N-dealkylation sites (tertiary alicyclic amines) is 1. The van der Waals surface area contributed by atoms with Crippen LogP contribution in [0.25, 0.3) is 0 Å². The van der Waals surface area contributed by atoms with Crippen LogP contribution in [-0.4, -0.2) is 59.6 Å². The summed E-state index contributed by atoms with van der Waals surface area (Å²) in [6.07, 6.45) is 1.79. The van der Waals surface area contributed by atoms with Gasteiger partial charge >= 0.3 is 0 Å². The van der Waals surface area contributed by atoms with Gasteiger partial charge in [-0.3, -0.25) is 9.59 Å². The molecule has 2 aliphatic heterocycles. The molecule has 0 radical (unpaired) electrons. The third-order valence-electron chi connectivity index (χ3n) is 5.56. The first-order valence-corrected chi connectivity index (χ1v) is 10.0. The molecule has 1 atom stereocenters. The molecule has 2 heterocycles. The molecule has 0 aliphatic carbocycles. The zero-order valence-corrected chi connectivity index (χ0v) is 16.6. The third kappa shape index (κ3) is 4.69. The van der Waals surface area contributed by atoms with Crippen LogP contribution in [-0.2, 0) is 20.8 Å². The second kappa shape index (κ2) is 9.17. The van der Waals surface area contributed by atoms with Crippen molar-refractivity contribution in [2.24, 2.45) is 11.1 Å². The lowest BCUT2D eigenvalue weighted by atomic mass is 9.94. The fraction of sp³-hybridized carbons (Fsp3) is 0.571. The molecule has 3 rings (SSSR count). The van der Waals surface area contributed by atoms with Gasteiger partial charge in [0.15, 0.2) is 0 Å². The summed E-state index contributed by atoms with van der Waals surface area (Å²) < 4.78 is 13.0. The molecule has 0 spiro atoms. The number of benzene rings is 1. The zero-order valence-electron chi connectivity index (χ0n) is 16.6. The summed E-state index contributed by atoms with van der Waals surface area (Å²) in [6.45, 7) is 6.56. The summed E-state index contributed by atoms with van der Waals surface area (Å²) in [7, 11) is 0. The standard InChI is InChI=1S/C21H28FN3O3/c1-3-24(4-2)20(26)16-9-11-25(12-10-16)21(27)19-14-18(23-28-19)13-15-5-7-17(22)8-6-15/h5-8,16,19H,3-4,9-14H2,1-2H3. The van der Waals surface area contributed by atoms with Crippen LogP contribution in [0.3, 0.4) is 0 Å². The molecule has 7 heteroatoms. The molecule has 1 aromatic carbocycles. The Morgan fingerprint density at radius 2 is 1.82 bits per heavy atom. The smallest absolute Gasteiger partial charge is 0.266 e. The first-order chi connectivity index (χ1) is 13.5. The van der Waals surface area contributed by atoms with Gasteiger partial charge in [-0.25, -0.2) is 4.39 Å². The SMILES string of the molecule is CCN(CC)C(=O)C1CCN(C(=O)C2CC(Cc3ccc(F)cc3)=NO2)CC1. The van der Waals surface area contributed by atoms with Crippen molar-refractivity contribution in [2.45, 2.75) is 45.6 Å². The van der Waals surface area contributed by atoms with Gasteiger partial charge in [0.25, 0.3) is 5.91 Å². The Kier molecular flexibility index (Phi) is 6.65. The lowest BCUT2D eigenvalue weighted by Gasteiger charge is -2.34. The van der Waals surface area contributed by atoms with Crippen molar-refractivity contribution in [3.8, 4) is 0 Å². The molecule has 2 aliphatic rings. The van der Waals surface area contributed by atoms with Gasteiger partial charge < -0.3 is 14.6 Å². The molecule has 1 unspecified atom stereocenters. The van der Waals surface area contributed by atoms with E-state index in [2.05, 4.69) is 5.16 Å². The number of oxime groups is 1. The number of piperidine rings is 1. The van der Waals surface area contributed by atoms with Crippen LogP contribution in [0.5, 0.6) is 0 Å². The van der Waals surface area contributed by atoms with Crippen molar-refractivity contribution in [3.05, 3.63) is 35.6 Å². The van der Waals surface area contributed by atoms with Crippen LogP contribution in [0.4, 0.5) is 4.39 Å². The lowest BCUT2D eigenvalue weighted by Crippen LogP contribution is -2.47. The van der Waals surface area contributed by atoms with E-state index in [4.69, 9.17) is 4.84 Å². The average Bonchev–Trinajstić information content (AvgIpc) is 3.18. The zero-order chi connectivity index (χ0) is 20.1. The topological polar surface area (TPSA) is 62.2 Å². The molecule has 0 aromatic heterocycles. The van der Waals surface area contributed by atoms with Gasteiger partial charge in [-0.15, -0.1) is 0 Å². The van der Waals surface area contributed by atoms with Crippen LogP contribution in [0.2, 0.25) is 0 Å². The Balaban J connectivity index is 1.47. The number of carbonyl (C=O) groups is 2. The van der Waals surface area contributed by atoms with E-state index in [1.807, 2.05) is 18.7 Å². The van der Waals surface area contributed by atoms with Crippen molar-refractivity contribution in [1.29, 1.82) is 0 Å². The fourth-order valence-electron chi connectivity index (χ4n) is 3.85. The van der Waals surface area contributed by atoms with Crippen molar-refractivity contribution in [1.82, 2.24) is 9.80 Å². The molecular formula is C21H28FN3O3. The molecule has 1 fully saturated rings. The van der Waals surface area contributed by atoms with E-state index in [1.165, 1.54) is 12.1 Å². The second-order valence-electron chi connectivity index (χ2n) is 7.37. The maximum atomic E-state index is 13.0. The van der Waals surface area contributed by atoms with Crippen LogP contribution in [0.15, 0.2) is 29.4 Å². The number of amides is 2. The lowest BCUT2D eigenvalue weighted by molar-refractivity contribution is -0.146. The maximum Gasteiger partial charge on any atom is 0.266 e. The first kappa shape index (κ1) is 20.3. The van der Waals surface area contributed by atoms with Gasteiger partial charge in [0.2, 0.25) is 12.0 Å². The number of carbonyl (C=O) groups excluding carboxylic acids is 2. The molecular weight excluding hydrogens is 361 g/mol. The van der Waals surface area contributed by atoms with E-state index < -0.39 is 6.10 Å². The summed E-state index contributed by atoms with van der Waals surface area (Å²) in [5.41, 5.74) is 1.73. The van der Waals surface area contributed by atoms with Crippen molar-refractivity contribution < 1.29 is 18.8 Å². The average molecular weight is 389 g/mol. The summed E-state index contributed by atoms with van der Waals surface area (Å²) in [6, 6.07) is 6.26. The van der Waals surface area contributed by atoms with E-state index in [1.54, 1.807) is 17.0 Å². The molecule has 2 amide bonds. The van der Waals surface area contributed by atoms with E-state index in [9.17, 15) is 14.0 Å². The Bertz CT molecular complexity index is 723. The third-order valence-corrected chi connectivity index (χ3v) is 5.56. The molecule has 1 aromatic rings. The van der Waals surface area contributed by atoms with Gasteiger partial charge in [0.1, 0.15) is 5.82 Å². The minimum atomic E-state index is -0.592. The highest BCUT2D eigenvalue weighted by molar-refractivity contribution is 5.94. The second-order valence-corrected chi connectivity index (χ2v) is 7.37. The van der Waals surface area contributed by atoms with E-state index in [0.717, 1.165) is 24.4 Å².